The number of rotatable bonds is 3. The number of hydrogen-bond donors (Lipinski definition) is 1. The highest BCUT2D eigenvalue weighted by atomic mass is 19.1. The second-order valence-electron chi connectivity index (χ2n) is 5.03. The minimum atomic E-state index is -0.882. The van der Waals surface area contributed by atoms with Gasteiger partial charge in [-0.2, -0.15) is 0 Å². The number of anilines is 1. The molecule has 1 amide bonds. The SMILES string of the molecule is CN(CC1CCCCO1)C(=O)c1cc(F)cc(N)c1F. The number of nitrogens with two attached hydrogens (primary N) is 1. The largest absolute Gasteiger partial charge is 0.396 e. The minimum Gasteiger partial charge on any atom is -0.396 e. The van der Waals surface area contributed by atoms with E-state index in [0.29, 0.717) is 13.2 Å². The molecule has 1 aliphatic heterocycles. The molecule has 0 spiro atoms. The van der Waals surface area contributed by atoms with E-state index in [-0.39, 0.29) is 17.4 Å². The molecule has 0 bridgehead atoms. The Morgan fingerprint density at radius 3 is 2.85 bits per heavy atom. The van der Waals surface area contributed by atoms with Gasteiger partial charge in [0, 0.05) is 20.2 Å². The van der Waals surface area contributed by atoms with Gasteiger partial charge in [0.1, 0.15) is 5.82 Å². The Labute approximate surface area is 116 Å². The lowest BCUT2D eigenvalue weighted by Crippen LogP contribution is -2.37. The maximum Gasteiger partial charge on any atom is 0.256 e. The van der Waals surface area contributed by atoms with Crippen LogP contribution in [0.5, 0.6) is 0 Å². The van der Waals surface area contributed by atoms with Gasteiger partial charge in [-0.25, -0.2) is 8.78 Å². The zero-order valence-electron chi connectivity index (χ0n) is 11.4. The van der Waals surface area contributed by atoms with Gasteiger partial charge >= 0.3 is 0 Å². The molecule has 4 nitrogen and oxygen atoms in total. The van der Waals surface area contributed by atoms with E-state index in [1.807, 2.05) is 0 Å². The number of benzene rings is 1. The van der Waals surface area contributed by atoms with Crippen molar-refractivity contribution in [1.29, 1.82) is 0 Å². The van der Waals surface area contributed by atoms with Gasteiger partial charge < -0.3 is 15.4 Å². The molecule has 0 aromatic heterocycles. The lowest BCUT2D eigenvalue weighted by atomic mass is 10.1. The molecular formula is C14H18F2N2O2. The van der Waals surface area contributed by atoms with E-state index in [1.165, 1.54) is 4.90 Å². The normalized spacial score (nSPS) is 18.9. The average molecular weight is 284 g/mol. The molecule has 1 heterocycles. The summed E-state index contributed by atoms with van der Waals surface area (Å²) in [6.07, 6.45) is 2.88. The van der Waals surface area contributed by atoms with Crippen molar-refractivity contribution in [1.82, 2.24) is 4.90 Å². The average Bonchev–Trinajstić information content (AvgIpc) is 2.43. The molecule has 1 saturated heterocycles. The maximum absolute atomic E-state index is 13.8. The molecule has 2 N–H and O–H groups in total. The van der Waals surface area contributed by atoms with Crippen LogP contribution in [-0.2, 0) is 4.74 Å². The fraction of sp³-hybridized carbons (Fsp3) is 0.500. The Morgan fingerprint density at radius 2 is 2.20 bits per heavy atom. The number of ether oxygens (including phenoxy) is 1. The third-order valence-electron chi connectivity index (χ3n) is 3.39. The number of carbonyl (C=O) groups is 1. The van der Waals surface area contributed by atoms with Crippen molar-refractivity contribution in [2.75, 3.05) is 25.9 Å². The maximum atomic E-state index is 13.8. The smallest absolute Gasteiger partial charge is 0.256 e. The zero-order valence-corrected chi connectivity index (χ0v) is 11.4. The molecule has 0 radical (unpaired) electrons. The van der Waals surface area contributed by atoms with Crippen molar-refractivity contribution in [3.8, 4) is 0 Å². The van der Waals surface area contributed by atoms with Crippen LogP contribution < -0.4 is 5.73 Å². The van der Waals surface area contributed by atoms with E-state index in [2.05, 4.69) is 0 Å². The number of hydrogen-bond acceptors (Lipinski definition) is 3. The first-order chi connectivity index (χ1) is 9.49. The van der Waals surface area contributed by atoms with Gasteiger partial charge in [-0.3, -0.25) is 4.79 Å². The molecule has 2 rings (SSSR count). The molecule has 0 aliphatic carbocycles. The first-order valence-corrected chi connectivity index (χ1v) is 6.60. The highest BCUT2D eigenvalue weighted by Gasteiger charge is 2.23. The summed E-state index contributed by atoms with van der Waals surface area (Å²) in [5.74, 6) is -2.20. The van der Waals surface area contributed by atoms with Gasteiger partial charge in [-0.05, 0) is 31.4 Å². The van der Waals surface area contributed by atoms with Crippen molar-refractivity contribution in [2.45, 2.75) is 25.4 Å². The first-order valence-electron chi connectivity index (χ1n) is 6.60. The summed E-state index contributed by atoms with van der Waals surface area (Å²) in [5, 5.41) is 0. The van der Waals surface area contributed by atoms with Crippen LogP contribution in [0.15, 0.2) is 12.1 Å². The Kier molecular flexibility index (Phi) is 4.54. The van der Waals surface area contributed by atoms with Gasteiger partial charge in [0.25, 0.3) is 5.91 Å². The van der Waals surface area contributed by atoms with E-state index < -0.39 is 17.5 Å². The first kappa shape index (κ1) is 14.7. The Morgan fingerprint density at radius 1 is 1.45 bits per heavy atom. The zero-order chi connectivity index (χ0) is 14.7. The Bertz CT molecular complexity index is 502. The molecular weight excluding hydrogens is 266 g/mol. The third kappa shape index (κ3) is 3.25. The number of halogens is 2. The van der Waals surface area contributed by atoms with E-state index in [9.17, 15) is 13.6 Å². The fourth-order valence-electron chi connectivity index (χ4n) is 2.31. The molecule has 1 aliphatic rings. The standard InChI is InChI=1S/C14H18F2N2O2/c1-18(8-10-4-2-3-5-20-10)14(19)11-6-9(15)7-12(17)13(11)16/h6-7,10H,2-5,8,17H2,1H3. The highest BCUT2D eigenvalue weighted by Crippen LogP contribution is 2.20. The molecule has 1 aromatic rings. The summed E-state index contributed by atoms with van der Waals surface area (Å²) < 4.78 is 32.6. The predicted molar refractivity (Wildman–Crippen MR) is 71.3 cm³/mol. The molecule has 1 atom stereocenters. The summed E-state index contributed by atoms with van der Waals surface area (Å²) in [4.78, 5) is 13.5. The monoisotopic (exact) mass is 284 g/mol. The summed E-state index contributed by atoms with van der Waals surface area (Å²) in [6.45, 7) is 1.03. The van der Waals surface area contributed by atoms with Crippen molar-refractivity contribution in [3.05, 3.63) is 29.3 Å². The highest BCUT2D eigenvalue weighted by molar-refractivity contribution is 5.95. The van der Waals surface area contributed by atoms with E-state index in [4.69, 9.17) is 10.5 Å². The van der Waals surface area contributed by atoms with Gasteiger partial charge in [0.05, 0.1) is 17.4 Å². The number of likely N-dealkylation sites (N-methyl/N-ethyl adjacent to an activating group) is 1. The van der Waals surface area contributed by atoms with Crippen LogP contribution in [0.3, 0.4) is 0 Å². The van der Waals surface area contributed by atoms with Crippen molar-refractivity contribution < 1.29 is 18.3 Å². The molecule has 1 unspecified atom stereocenters. The van der Waals surface area contributed by atoms with Crippen LogP contribution in [0.25, 0.3) is 0 Å². The van der Waals surface area contributed by atoms with Crippen molar-refractivity contribution in [2.24, 2.45) is 0 Å². The number of carbonyl (C=O) groups excluding carboxylic acids is 1. The summed E-state index contributed by atoms with van der Waals surface area (Å²) in [5.41, 5.74) is 4.62. The molecule has 1 fully saturated rings. The molecule has 1 aromatic carbocycles. The van der Waals surface area contributed by atoms with Crippen LogP contribution in [0, 0.1) is 11.6 Å². The van der Waals surface area contributed by atoms with Gasteiger partial charge in [0.2, 0.25) is 0 Å². The number of nitrogen functional groups attached to an aromatic ring is 1. The van der Waals surface area contributed by atoms with Crippen molar-refractivity contribution >= 4 is 11.6 Å². The lowest BCUT2D eigenvalue weighted by Gasteiger charge is -2.27. The summed E-state index contributed by atoms with van der Waals surface area (Å²) in [6, 6.07) is 1.72. The van der Waals surface area contributed by atoms with Crippen LogP contribution in [0.1, 0.15) is 29.6 Å². The second-order valence-corrected chi connectivity index (χ2v) is 5.03. The second kappa shape index (κ2) is 6.17. The number of amides is 1. The van der Waals surface area contributed by atoms with Crippen LogP contribution in [-0.4, -0.2) is 37.1 Å². The Balaban J connectivity index is 2.10. The summed E-state index contributed by atoms with van der Waals surface area (Å²) in [7, 11) is 1.54. The van der Waals surface area contributed by atoms with Gasteiger partial charge in [-0.15, -0.1) is 0 Å². The molecule has 6 heteroatoms. The van der Waals surface area contributed by atoms with Crippen LogP contribution >= 0.6 is 0 Å². The molecule has 0 saturated carbocycles. The van der Waals surface area contributed by atoms with Crippen LogP contribution in [0.4, 0.5) is 14.5 Å². The number of nitrogens with zero attached hydrogens (tertiary/aromatic N) is 1. The lowest BCUT2D eigenvalue weighted by molar-refractivity contribution is -0.000273. The quantitative estimate of drug-likeness (QED) is 0.866. The Hall–Kier alpha value is -1.69. The van der Waals surface area contributed by atoms with Gasteiger partial charge in [0.15, 0.2) is 5.82 Å². The molecule has 20 heavy (non-hydrogen) atoms. The third-order valence-corrected chi connectivity index (χ3v) is 3.39. The minimum absolute atomic E-state index is 0.0494. The van der Waals surface area contributed by atoms with E-state index >= 15 is 0 Å². The summed E-state index contributed by atoms with van der Waals surface area (Å²) >= 11 is 0. The van der Waals surface area contributed by atoms with Gasteiger partial charge in [-0.1, -0.05) is 0 Å². The van der Waals surface area contributed by atoms with Crippen LogP contribution in [0.2, 0.25) is 0 Å². The fourth-order valence-corrected chi connectivity index (χ4v) is 2.31. The van der Waals surface area contributed by atoms with E-state index in [0.717, 1.165) is 31.4 Å². The van der Waals surface area contributed by atoms with E-state index in [1.54, 1.807) is 7.05 Å². The predicted octanol–water partition coefficient (Wildman–Crippen LogP) is 2.19. The van der Waals surface area contributed by atoms with Crippen molar-refractivity contribution in [3.63, 3.8) is 0 Å². The topological polar surface area (TPSA) is 55.6 Å². The molecule has 110 valence electrons.